The molecule has 0 aliphatic heterocycles. The lowest BCUT2D eigenvalue weighted by atomic mass is 10.2. The van der Waals surface area contributed by atoms with Crippen LogP contribution in [0.1, 0.15) is 10.4 Å². The van der Waals surface area contributed by atoms with Gasteiger partial charge in [-0.1, -0.05) is 12.1 Å². The summed E-state index contributed by atoms with van der Waals surface area (Å²) in [4.78, 5) is 18.5. The quantitative estimate of drug-likeness (QED) is 0.343. The molecule has 1 aromatic rings. The molecule has 0 spiro atoms. The Hall–Kier alpha value is -2.11. The molecule has 0 saturated carbocycles. The van der Waals surface area contributed by atoms with Crippen LogP contribution in [-0.2, 0) is 0 Å². The summed E-state index contributed by atoms with van der Waals surface area (Å²) < 4.78 is 0. The smallest absolute Gasteiger partial charge is 0.337 e. The van der Waals surface area contributed by atoms with E-state index in [1.807, 2.05) is 0 Å². The molecule has 0 amide bonds. The Bertz CT molecular complexity index is 300. The van der Waals surface area contributed by atoms with Gasteiger partial charge < -0.3 is 16.0 Å². The SMILES string of the molecule is Nc1ccccc1C(=O)O.O=NO. The lowest BCUT2D eigenvalue weighted by Gasteiger charge is -1.96. The van der Waals surface area contributed by atoms with Gasteiger partial charge in [-0.2, -0.15) is 0 Å². The van der Waals surface area contributed by atoms with Gasteiger partial charge in [0.25, 0.3) is 0 Å². The van der Waals surface area contributed by atoms with Gasteiger partial charge in [0.05, 0.1) is 5.56 Å². The summed E-state index contributed by atoms with van der Waals surface area (Å²) in [5, 5.41) is 16.4. The molecule has 6 heteroatoms. The maximum absolute atomic E-state index is 10.3. The molecule has 0 heterocycles. The first-order chi connectivity index (χ1) is 6.13. The summed E-state index contributed by atoms with van der Waals surface area (Å²) in [5.74, 6) is -0.988. The van der Waals surface area contributed by atoms with Crippen molar-refractivity contribution in [2.75, 3.05) is 5.73 Å². The van der Waals surface area contributed by atoms with Gasteiger partial charge in [0.1, 0.15) is 0 Å². The lowest BCUT2D eigenvalue weighted by Crippen LogP contribution is -2.00. The van der Waals surface area contributed by atoms with Crippen LogP contribution in [0.3, 0.4) is 0 Å². The Morgan fingerprint density at radius 1 is 1.38 bits per heavy atom. The third kappa shape index (κ3) is 3.71. The fourth-order valence-corrected chi connectivity index (χ4v) is 0.692. The number of carboxylic acid groups (broad SMARTS) is 1. The number of benzene rings is 1. The van der Waals surface area contributed by atoms with E-state index in [2.05, 4.69) is 0 Å². The number of carboxylic acids is 1. The average molecular weight is 184 g/mol. The van der Waals surface area contributed by atoms with Crippen molar-refractivity contribution in [3.8, 4) is 0 Å². The zero-order valence-corrected chi connectivity index (χ0v) is 6.54. The number of rotatable bonds is 1. The summed E-state index contributed by atoms with van der Waals surface area (Å²) in [5.41, 5.74) is 5.80. The zero-order chi connectivity index (χ0) is 10.3. The Morgan fingerprint density at radius 3 is 2.15 bits per heavy atom. The van der Waals surface area contributed by atoms with E-state index in [4.69, 9.17) is 21.0 Å². The number of para-hydroxylation sites is 1. The summed E-state index contributed by atoms with van der Waals surface area (Å²) in [7, 11) is 0. The van der Waals surface area contributed by atoms with Crippen LogP contribution in [0.5, 0.6) is 0 Å². The summed E-state index contributed by atoms with van der Waals surface area (Å²) in [6.07, 6.45) is 0. The minimum atomic E-state index is -0.988. The molecule has 0 bridgehead atoms. The number of anilines is 1. The topological polar surface area (TPSA) is 113 Å². The molecule has 0 aliphatic carbocycles. The predicted molar refractivity (Wildman–Crippen MR) is 45.4 cm³/mol. The maximum Gasteiger partial charge on any atom is 0.337 e. The summed E-state index contributed by atoms with van der Waals surface area (Å²) in [6, 6.07) is 6.36. The molecule has 0 fully saturated rings. The lowest BCUT2D eigenvalue weighted by molar-refractivity contribution is 0.0698. The molecule has 0 saturated heterocycles. The first kappa shape index (κ1) is 10.9. The molecule has 13 heavy (non-hydrogen) atoms. The van der Waals surface area contributed by atoms with E-state index in [-0.39, 0.29) is 5.56 Å². The second kappa shape index (κ2) is 5.53. The van der Waals surface area contributed by atoms with Crippen LogP contribution in [-0.4, -0.2) is 16.3 Å². The van der Waals surface area contributed by atoms with Crippen LogP contribution in [0.4, 0.5) is 5.69 Å². The Labute approximate surface area is 73.5 Å². The number of nitrogen functional groups attached to an aromatic ring is 1. The van der Waals surface area contributed by atoms with Crippen molar-refractivity contribution >= 4 is 11.7 Å². The van der Waals surface area contributed by atoms with Gasteiger partial charge in [0, 0.05) is 5.69 Å². The van der Waals surface area contributed by atoms with E-state index in [1.54, 1.807) is 18.2 Å². The highest BCUT2D eigenvalue weighted by molar-refractivity contribution is 5.93. The van der Waals surface area contributed by atoms with Crippen molar-refractivity contribution in [1.29, 1.82) is 0 Å². The van der Waals surface area contributed by atoms with E-state index in [0.29, 0.717) is 5.69 Å². The highest BCUT2D eigenvalue weighted by atomic mass is 16.6. The number of hydrogen-bond acceptors (Lipinski definition) is 4. The van der Waals surface area contributed by atoms with Gasteiger partial charge in [-0.3, -0.25) is 0 Å². The van der Waals surface area contributed by atoms with Gasteiger partial charge >= 0.3 is 5.97 Å². The zero-order valence-electron chi connectivity index (χ0n) is 6.54. The van der Waals surface area contributed by atoms with Crippen molar-refractivity contribution < 1.29 is 15.1 Å². The first-order valence-electron chi connectivity index (χ1n) is 3.18. The van der Waals surface area contributed by atoms with Crippen LogP contribution in [0.2, 0.25) is 0 Å². The van der Waals surface area contributed by atoms with Crippen molar-refractivity contribution in [1.82, 2.24) is 0 Å². The minimum absolute atomic E-state index is 0.155. The Morgan fingerprint density at radius 2 is 1.85 bits per heavy atom. The van der Waals surface area contributed by atoms with E-state index in [1.165, 1.54) is 11.4 Å². The van der Waals surface area contributed by atoms with E-state index < -0.39 is 5.97 Å². The van der Waals surface area contributed by atoms with Gasteiger partial charge in [0.15, 0.2) is 5.34 Å². The third-order valence-electron chi connectivity index (χ3n) is 1.19. The van der Waals surface area contributed by atoms with E-state index >= 15 is 0 Å². The van der Waals surface area contributed by atoms with Crippen molar-refractivity contribution in [3.05, 3.63) is 34.7 Å². The maximum atomic E-state index is 10.3. The molecule has 70 valence electrons. The molecule has 0 aromatic heterocycles. The highest BCUT2D eigenvalue weighted by Crippen LogP contribution is 2.08. The molecule has 1 rings (SSSR count). The minimum Gasteiger partial charge on any atom is -0.478 e. The van der Waals surface area contributed by atoms with Crippen LogP contribution in [0, 0.1) is 4.91 Å². The fourth-order valence-electron chi connectivity index (χ4n) is 0.692. The van der Waals surface area contributed by atoms with Crippen molar-refractivity contribution in [2.45, 2.75) is 0 Å². The van der Waals surface area contributed by atoms with Gasteiger partial charge in [0.2, 0.25) is 0 Å². The van der Waals surface area contributed by atoms with Crippen LogP contribution in [0.15, 0.2) is 29.6 Å². The predicted octanol–water partition coefficient (Wildman–Crippen LogP) is 1.11. The van der Waals surface area contributed by atoms with Crippen molar-refractivity contribution in [3.63, 3.8) is 0 Å². The van der Waals surface area contributed by atoms with Crippen molar-refractivity contribution in [2.24, 2.45) is 5.34 Å². The molecule has 1 aromatic carbocycles. The first-order valence-corrected chi connectivity index (χ1v) is 3.18. The van der Waals surface area contributed by atoms with E-state index in [9.17, 15) is 4.79 Å². The second-order valence-electron chi connectivity index (χ2n) is 1.97. The Kier molecular flexibility index (Phi) is 4.63. The number of nitrogens with zero attached hydrogens (tertiary/aromatic N) is 1. The van der Waals surface area contributed by atoms with Gasteiger partial charge in [-0.05, 0) is 12.1 Å². The number of aromatic carboxylic acids is 1. The molecule has 0 radical (unpaired) electrons. The van der Waals surface area contributed by atoms with E-state index in [0.717, 1.165) is 0 Å². The third-order valence-corrected chi connectivity index (χ3v) is 1.19. The average Bonchev–Trinajstić information content (AvgIpc) is 2.06. The highest BCUT2D eigenvalue weighted by Gasteiger charge is 2.03. The molecule has 4 N–H and O–H groups in total. The molecular weight excluding hydrogens is 176 g/mol. The normalized spacial score (nSPS) is 8.00. The number of carbonyl (C=O) groups is 1. The van der Waals surface area contributed by atoms with Gasteiger partial charge in [-0.15, -0.1) is 4.91 Å². The molecule has 6 nitrogen and oxygen atoms in total. The van der Waals surface area contributed by atoms with Crippen LogP contribution < -0.4 is 5.73 Å². The molecular formula is C7H8N2O4. The largest absolute Gasteiger partial charge is 0.478 e. The second-order valence-corrected chi connectivity index (χ2v) is 1.97. The summed E-state index contributed by atoms with van der Waals surface area (Å²) in [6.45, 7) is 0. The fraction of sp³-hybridized carbons (Fsp3) is 0. The molecule has 0 unspecified atom stereocenters. The monoisotopic (exact) mass is 184 g/mol. The van der Waals surface area contributed by atoms with Crippen LogP contribution in [0.25, 0.3) is 0 Å². The van der Waals surface area contributed by atoms with Gasteiger partial charge in [-0.25, -0.2) is 4.79 Å². The standard InChI is InChI=1S/C7H7NO2.HNO2/c8-6-4-2-1-3-5(6)7(9)10;2-1-3/h1-4H,8H2,(H,9,10);(H,2,3). The molecule has 0 aliphatic rings. The summed E-state index contributed by atoms with van der Waals surface area (Å²) >= 11 is 0. The molecule has 0 atom stereocenters. The number of nitrogens with two attached hydrogens (primary N) is 1. The Balaban J connectivity index is 0.000000424. The number of hydrogen-bond donors (Lipinski definition) is 3. The van der Waals surface area contributed by atoms with Crippen LogP contribution >= 0.6 is 0 Å².